The first-order chi connectivity index (χ1) is 12.0. The number of rotatable bonds is 5. The summed E-state index contributed by atoms with van der Waals surface area (Å²) < 4.78 is 1.52. The van der Waals surface area contributed by atoms with Gasteiger partial charge < -0.3 is 4.90 Å². The molecule has 5 nitrogen and oxygen atoms in total. The number of amides is 1. The molecule has 0 aliphatic heterocycles. The fraction of sp³-hybridized carbons (Fsp3) is 0.316. The molecule has 0 spiro atoms. The first-order valence-corrected chi connectivity index (χ1v) is 9.03. The zero-order chi connectivity index (χ0) is 18.0. The second-order valence-corrected chi connectivity index (χ2v) is 7.34. The summed E-state index contributed by atoms with van der Waals surface area (Å²) in [6, 6.07) is 12.2. The van der Waals surface area contributed by atoms with Crippen molar-refractivity contribution < 1.29 is 4.79 Å². The summed E-state index contributed by atoms with van der Waals surface area (Å²) in [4.78, 5) is 32.2. The van der Waals surface area contributed by atoms with Gasteiger partial charge in [0.05, 0.1) is 11.7 Å². The Morgan fingerprint density at radius 2 is 2.00 bits per heavy atom. The zero-order valence-electron chi connectivity index (χ0n) is 14.6. The number of hydrogen-bond donors (Lipinski definition) is 0. The molecule has 0 radical (unpaired) electrons. The van der Waals surface area contributed by atoms with E-state index in [1.807, 2.05) is 24.3 Å². The minimum Gasteiger partial charge on any atom is -0.349 e. The molecule has 2 heterocycles. The van der Waals surface area contributed by atoms with Gasteiger partial charge in [-0.2, -0.15) is 0 Å². The third-order valence-corrected chi connectivity index (χ3v) is 5.55. The molecule has 2 aromatic heterocycles. The molecule has 130 valence electrons. The van der Waals surface area contributed by atoms with Crippen LogP contribution in [0.15, 0.2) is 47.5 Å². The number of thiophene rings is 1. The molecular weight excluding hydrogens is 334 g/mol. The van der Waals surface area contributed by atoms with E-state index in [9.17, 15) is 9.59 Å². The van der Waals surface area contributed by atoms with Crippen LogP contribution in [-0.4, -0.2) is 34.5 Å². The largest absolute Gasteiger partial charge is 0.349 e. The van der Waals surface area contributed by atoms with Gasteiger partial charge >= 0.3 is 0 Å². The molecule has 0 unspecified atom stereocenters. The molecule has 0 bridgehead atoms. The van der Waals surface area contributed by atoms with Crippen LogP contribution in [0.1, 0.15) is 29.7 Å². The molecule has 0 aliphatic carbocycles. The van der Waals surface area contributed by atoms with Crippen LogP contribution in [0.2, 0.25) is 0 Å². The van der Waals surface area contributed by atoms with Crippen LogP contribution in [0, 0.1) is 0 Å². The Kier molecular flexibility index (Phi) is 4.99. The second-order valence-electron chi connectivity index (χ2n) is 6.28. The maximum atomic E-state index is 12.7. The fourth-order valence-electron chi connectivity index (χ4n) is 2.70. The normalized spacial score (nSPS) is 12.3. The minimum absolute atomic E-state index is 0.00398. The summed E-state index contributed by atoms with van der Waals surface area (Å²) in [5, 5.41) is 0.627. The Hall–Kier alpha value is -2.47. The summed E-state index contributed by atoms with van der Waals surface area (Å²) in [7, 11) is 3.42. The smallest absolute Gasteiger partial charge is 0.262 e. The fourth-order valence-corrected chi connectivity index (χ4v) is 3.77. The molecular formula is C19H21N3O2S. The lowest BCUT2D eigenvalue weighted by Crippen LogP contribution is -2.26. The van der Waals surface area contributed by atoms with E-state index in [1.54, 1.807) is 31.8 Å². The van der Waals surface area contributed by atoms with E-state index in [0.717, 1.165) is 9.71 Å². The SMILES string of the molecule is C[C@@H](c1ccccc1)c1cc2c(=O)n(CCC(=O)N(C)C)cnc2s1. The second kappa shape index (κ2) is 7.19. The number of hydrogen-bond acceptors (Lipinski definition) is 4. The van der Waals surface area contributed by atoms with Crippen LogP contribution < -0.4 is 5.56 Å². The van der Waals surface area contributed by atoms with Crippen molar-refractivity contribution in [3.8, 4) is 0 Å². The van der Waals surface area contributed by atoms with Gasteiger partial charge in [0.1, 0.15) is 4.83 Å². The number of aryl methyl sites for hydroxylation is 1. The Bertz CT molecular complexity index is 944. The Balaban J connectivity index is 1.89. The average molecular weight is 355 g/mol. The van der Waals surface area contributed by atoms with E-state index >= 15 is 0 Å². The topological polar surface area (TPSA) is 55.2 Å². The van der Waals surface area contributed by atoms with E-state index in [1.165, 1.54) is 15.0 Å². The molecule has 1 aromatic carbocycles. The molecule has 0 saturated carbocycles. The Labute approximate surface area is 150 Å². The van der Waals surface area contributed by atoms with Gasteiger partial charge in [-0.15, -0.1) is 11.3 Å². The quantitative estimate of drug-likeness (QED) is 0.707. The highest BCUT2D eigenvalue weighted by Crippen LogP contribution is 2.32. The van der Waals surface area contributed by atoms with Gasteiger partial charge in [-0.05, 0) is 11.6 Å². The van der Waals surface area contributed by atoms with Crippen molar-refractivity contribution >= 4 is 27.5 Å². The van der Waals surface area contributed by atoms with Crippen molar-refractivity contribution in [2.24, 2.45) is 0 Å². The van der Waals surface area contributed by atoms with E-state index in [4.69, 9.17) is 0 Å². The predicted molar refractivity (Wildman–Crippen MR) is 101 cm³/mol. The van der Waals surface area contributed by atoms with Crippen LogP contribution >= 0.6 is 11.3 Å². The van der Waals surface area contributed by atoms with Crippen molar-refractivity contribution in [1.29, 1.82) is 0 Å². The Morgan fingerprint density at radius 1 is 1.28 bits per heavy atom. The molecule has 0 aliphatic rings. The van der Waals surface area contributed by atoms with E-state index in [0.29, 0.717) is 11.9 Å². The summed E-state index contributed by atoms with van der Waals surface area (Å²) in [5.41, 5.74) is 1.13. The van der Waals surface area contributed by atoms with E-state index in [2.05, 4.69) is 24.0 Å². The lowest BCUT2D eigenvalue weighted by Gasteiger charge is -2.10. The van der Waals surface area contributed by atoms with Crippen molar-refractivity contribution in [3.63, 3.8) is 0 Å². The van der Waals surface area contributed by atoms with Gasteiger partial charge in [-0.25, -0.2) is 4.98 Å². The van der Waals surface area contributed by atoms with Gasteiger partial charge in [0.25, 0.3) is 5.56 Å². The molecule has 3 rings (SSSR count). The van der Waals surface area contributed by atoms with E-state index < -0.39 is 0 Å². The number of aromatic nitrogens is 2. The van der Waals surface area contributed by atoms with Crippen LogP contribution in [-0.2, 0) is 11.3 Å². The van der Waals surface area contributed by atoms with Gasteiger partial charge in [-0.3, -0.25) is 14.2 Å². The minimum atomic E-state index is -0.0840. The molecule has 1 atom stereocenters. The van der Waals surface area contributed by atoms with Crippen molar-refractivity contribution in [2.45, 2.75) is 25.8 Å². The van der Waals surface area contributed by atoms with Gasteiger partial charge in [-0.1, -0.05) is 37.3 Å². The summed E-state index contributed by atoms with van der Waals surface area (Å²) in [6.45, 7) is 2.48. The van der Waals surface area contributed by atoms with E-state index in [-0.39, 0.29) is 23.8 Å². The summed E-state index contributed by atoms with van der Waals surface area (Å²) in [6.07, 6.45) is 1.83. The zero-order valence-corrected chi connectivity index (χ0v) is 15.4. The third kappa shape index (κ3) is 3.64. The van der Waals surface area contributed by atoms with Crippen LogP contribution in [0.25, 0.3) is 10.2 Å². The summed E-state index contributed by atoms with van der Waals surface area (Å²) >= 11 is 1.55. The predicted octanol–water partition coefficient (Wildman–Crippen LogP) is 3.09. The van der Waals surface area contributed by atoms with Gasteiger partial charge in [0, 0.05) is 37.9 Å². The van der Waals surface area contributed by atoms with Gasteiger partial charge in [0.2, 0.25) is 5.91 Å². The molecule has 6 heteroatoms. The number of benzene rings is 1. The highest BCUT2D eigenvalue weighted by Gasteiger charge is 2.15. The van der Waals surface area contributed by atoms with Crippen molar-refractivity contribution in [1.82, 2.24) is 14.5 Å². The number of fused-ring (bicyclic) bond motifs is 1. The molecule has 0 N–H and O–H groups in total. The number of carbonyl (C=O) groups excluding carboxylic acids is 1. The standard InChI is InChI=1S/C19H21N3O2S/c1-13(14-7-5-4-6-8-14)16-11-15-18(25-16)20-12-22(19(15)24)10-9-17(23)21(2)3/h4-8,11-13H,9-10H2,1-3H3/t13-/m0/s1. The highest BCUT2D eigenvalue weighted by molar-refractivity contribution is 7.18. The molecule has 0 fully saturated rings. The number of carbonyl (C=O) groups is 1. The van der Waals surface area contributed by atoms with Crippen LogP contribution in [0.4, 0.5) is 0 Å². The lowest BCUT2D eigenvalue weighted by atomic mass is 10.00. The molecule has 25 heavy (non-hydrogen) atoms. The average Bonchev–Trinajstić information content (AvgIpc) is 3.06. The summed E-state index contributed by atoms with van der Waals surface area (Å²) in [5.74, 6) is 0.208. The highest BCUT2D eigenvalue weighted by atomic mass is 32.1. The third-order valence-electron chi connectivity index (χ3n) is 4.33. The lowest BCUT2D eigenvalue weighted by molar-refractivity contribution is -0.128. The molecule has 1 amide bonds. The maximum absolute atomic E-state index is 12.7. The molecule has 3 aromatic rings. The molecule has 0 saturated heterocycles. The van der Waals surface area contributed by atoms with Crippen LogP contribution in [0.3, 0.4) is 0 Å². The first kappa shape index (κ1) is 17.4. The number of nitrogens with zero attached hydrogens (tertiary/aromatic N) is 3. The van der Waals surface area contributed by atoms with Crippen LogP contribution in [0.5, 0.6) is 0 Å². The van der Waals surface area contributed by atoms with Crippen molar-refractivity contribution in [3.05, 3.63) is 63.5 Å². The maximum Gasteiger partial charge on any atom is 0.262 e. The first-order valence-electron chi connectivity index (χ1n) is 8.21. The monoisotopic (exact) mass is 355 g/mol. The van der Waals surface area contributed by atoms with Gasteiger partial charge in [0.15, 0.2) is 0 Å². The Morgan fingerprint density at radius 3 is 2.68 bits per heavy atom. The van der Waals surface area contributed by atoms with Crippen molar-refractivity contribution in [2.75, 3.05) is 14.1 Å².